The van der Waals surface area contributed by atoms with Crippen molar-refractivity contribution >= 4 is 23.2 Å². The Morgan fingerprint density at radius 1 is 1.43 bits per heavy atom. The molecule has 0 aliphatic heterocycles. The topological polar surface area (TPSA) is 0 Å². The number of rotatable bonds is 3. The fourth-order valence-electron chi connectivity index (χ4n) is 0.299. The van der Waals surface area contributed by atoms with Crippen molar-refractivity contribution in [3.8, 4) is 0 Å². The van der Waals surface area contributed by atoms with Crippen molar-refractivity contribution in [2.45, 2.75) is 24.1 Å². The third-order valence-corrected chi connectivity index (χ3v) is 1.11. The van der Waals surface area contributed by atoms with Crippen LogP contribution >= 0.6 is 23.2 Å². The van der Waals surface area contributed by atoms with Crippen molar-refractivity contribution in [3.05, 3.63) is 6.92 Å². The van der Waals surface area contributed by atoms with E-state index in [1.165, 1.54) is 0 Å². The Bertz CT molecular complexity index is 35.1. The van der Waals surface area contributed by atoms with Crippen LogP contribution in [0.15, 0.2) is 0 Å². The SMILES string of the molecule is [CH2]CCCC(Cl)Cl. The highest BCUT2D eigenvalue weighted by Crippen LogP contribution is 2.09. The molecular formula is C5H9Cl2. The molecule has 0 spiro atoms. The van der Waals surface area contributed by atoms with Crippen LogP contribution in [0.2, 0.25) is 0 Å². The summed E-state index contributed by atoms with van der Waals surface area (Å²) < 4.78 is 0. The summed E-state index contributed by atoms with van der Waals surface area (Å²) in [6.45, 7) is 3.64. The Balaban J connectivity index is 2.68. The molecule has 0 N–H and O–H groups in total. The van der Waals surface area contributed by atoms with Crippen LogP contribution in [-0.4, -0.2) is 4.84 Å². The number of unbranched alkanes of at least 4 members (excludes halogenated alkanes) is 1. The molecule has 0 heterocycles. The molecule has 0 aliphatic carbocycles. The van der Waals surface area contributed by atoms with Crippen LogP contribution in [0.5, 0.6) is 0 Å². The maximum atomic E-state index is 5.39. The van der Waals surface area contributed by atoms with Gasteiger partial charge in [0.2, 0.25) is 0 Å². The molecule has 0 aromatic carbocycles. The molecule has 0 fully saturated rings. The molecule has 43 valence electrons. The van der Waals surface area contributed by atoms with Gasteiger partial charge in [0.1, 0.15) is 4.84 Å². The molecular weight excluding hydrogens is 131 g/mol. The normalized spacial score (nSPS) is 10.3. The molecule has 0 bridgehead atoms. The first-order valence-electron chi connectivity index (χ1n) is 2.34. The summed E-state index contributed by atoms with van der Waals surface area (Å²) in [5.41, 5.74) is 0. The zero-order chi connectivity index (χ0) is 5.70. The number of hydrogen-bond donors (Lipinski definition) is 0. The second-order valence-corrected chi connectivity index (χ2v) is 2.66. The Hall–Kier alpha value is 0.580. The highest BCUT2D eigenvalue weighted by Gasteiger charge is 1.93. The minimum Gasteiger partial charge on any atom is -0.105 e. The van der Waals surface area contributed by atoms with Gasteiger partial charge in [-0.2, -0.15) is 0 Å². The first-order chi connectivity index (χ1) is 3.27. The fraction of sp³-hybridized carbons (Fsp3) is 0.800. The van der Waals surface area contributed by atoms with E-state index in [0.29, 0.717) is 0 Å². The fourth-order valence-corrected chi connectivity index (χ4v) is 0.607. The van der Waals surface area contributed by atoms with Crippen molar-refractivity contribution in [3.63, 3.8) is 0 Å². The molecule has 0 saturated carbocycles. The lowest BCUT2D eigenvalue weighted by Gasteiger charge is -1.94. The molecule has 0 rings (SSSR count). The second-order valence-electron chi connectivity index (χ2n) is 1.39. The van der Waals surface area contributed by atoms with Gasteiger partial charge >= 0.3 is 0 Å². The quantitative estimate of drug-likeness (QED) is 0.528. The summed E-state index contributed by atoms with van der Waals surface area (Å²) in [5, 5.41) is 0. The van der Waals surface area contributed by atoms with Crippen molar-refractivity contribution in [2.24, 2.45) is 0 Å². The van der Waals surface area contributed by atoms with Gasteiger partial charge in [-0.15, -0.1) is 23.2 Å². The summed E-state index contributed by atoms with van der Waals surface area (Å²) in [7, 11) is 0. The van der Waals surface area contributed by atoms with Crippen molar-refractivity contribution < 1.29 is 0 Å². The third kappa shape index (κ3) is 6.58. The van der Waals surface area contributed by atoms with Gasteiger partial charge < -0.3 is 0 Å². The molecule has 0 nitrogen and oxygen atoms in total. The van der Waals surface area contributed by atoms with E-state index < -0.39 is 0 Å². The Morgan fingerprint density at radius 3 is 2.14 bits per heavy atom. The lowest BCUT2D eigenvalue weighted by atomic mass is 10.3. The highest BCUT2D eigenvalue weighted by molar-refractivity contribution is 6.44. The zero-order valence-corrected chi connectivity index (χ0v) is 5.67. The lowest BCUT2D eigenvalue weighted by Crippen LogP contribution is -1.83. The molecule has 0 aromatic heterocycles. The number of halogens is 2. The van der Waals surface area contributed by atoms with Gasteiger partial charge in [0, 0.05) is 0 Å². The first-order valence-corrected chi connectivity index (χ1v) is 3.22. The standard InChI is InChI=1S/C5H9Cl2/c1-2-3-4-5(6)7/h5H,1-4H2. The maximum Gasteiger partial charge on any atom is 0.107 e. The Labute approximate surface area is 54.8 Å². The molecule has 0 amide bonds. The van der Waals surface area contributed by atoms with Gasteiger partial charge in [-0.25, -0.2) is 0 Å². The summed E-state index contributed by atoms with van der Waals surface area (Å²) in [6, 6.07) is 0. The van der Waals surface area contributed by atoms with Crippen LogP contribution in [0.4, 0.5) is 0 Å². The molecule has 7 heavy (non-hydrogen) atoms. The molecule has 0 unspecified atom stereocenters. The average molecular weight is 140 g/mol. The van der Waals surface area contributed by atoms with E-state index in [9.17, 15) is 0 Å². The van der Waals surface area contributed by atoms with Gasteiger partial charge in [0.15, 0.2) is 0 Å². The second kappa shape index (κ2) is 4.73. The summed E-state index contributed by atoms with van der Waals surface area (Å²) in [4.78, 5) is -0.193. The summed E-state index contributed by atoms with van der Waals surface area (Å²) in [6.07, 6.45) is 2.82. The minimum atomic E-state index is -0.193. The van der Waals surface area contributed by atoms with Gasteiger partial charge in [0.05, 0.1) is 0 Å². The first kappa shape index (κ1) is 7.58. The largest absolute Gasteiger partial charge is 0.107 e. The highest BCUT2D eigenvalue weighted by atomic mass is 35.5. The predicted octanol–water partition coefficient (Wildman–Crippen LogP) is 2.79. The molecule has 2 heteroatoms. The number of alkyl halides is 2. The van der Waals surface area contributed by atoms with Crippen LogP contribution in [0.25, 0.3) is 0 Å². The van der Waals surface area contributed by atoms with Gasteiger partial charge in [-0.05, 0) is 6.42 Å². The van der Waals surface area contributed by atoms with Gasteiger partial charge in [-0.3, -0.25) is 0 Å². The van der Waals surface area contributed by atoms with E-state index in [1.54, 1.807) is 0 Å². The van der Waals surface area contributed by atoms with E-state index in [0.717, 1.165) is 19.3 Å². The molecule has 1 radical (unpaired) electrons. The molecule has 0 saturated heterocycles. The van der Waals surface area contributed by atoms with Crippen molar-refractivity contribution in [2.75, 3.05) is 0 Å². The lowest BCUT2D eigenvalue weighted by molar-refractivity contribution is 0.794. The van der Waals surface area contributed by atoms with Crippen molar-refractivity contribution in [1.82, 2.24) is 0 Å². The minimum absolute atomic E-state index is 0.193. The maximum absolute atomic E-state index is 5.39. The average Bonchev–Trinajstić information content (AvgIpc) is 1.61. The van der Waals surface area contributed by atoms with E-state index in [4.69, 9.17) is 23.2 Å². The monoisotopic (exact) mass is 139 g/mol. The smallest absolute Gasteiger partial charge is 0.105 e. The third-order valence-electron chi connectivity index (χ3n) is 0.672. The Kier molecular flexibility index (Phi) is 5.12. The van der Waals surface area contributed by atoms with Gasteiger partial charge in [0.25, 0.3) is 0 Å². The summed E-state index contributed by atoms with van der Waals surface area (Å²) in [5.74, 6) is 0. The summed E-state index contributed by atoms with van der Waals surface area (Å²) >= 11 is 10.8. The van der Waals surface area contributed by atoms with E-state index in [1.807, 2.05) is 0 Å². The van der Waals surface area contributed by atoms with Crippen LogP contribution in [-0.2, 0) is 0 Å². The predicted molar refractivity (Wildman–Crippen MR) is 34.7 cm³/mol. The molecule has 0 aliphatic rings. The molecule has 0 aromatic rings. The van der Waals surface area contributed by atoms with Crippen LogP contribution in [0.1, 0.15) is 19.3 Å². The molecule has 0 atom stereocenters. The Morgan fingerprint density at radius 2 is 2.00 bits per heavy atom. The number of hydrogen-bond acceptors (Lipinski definition) is 0. The zero-order valence-electron chi connectivity index (χ0n) is 4.16. The van der Waals surface area contributed by atoms with Crippen molar-refractivity contribution in [1.29, 1.82) is 0 Å². The van der Waals surface area contributed by atoms with Crippen LogP contribution in [0.3, 0.4) is 0 Å². The van der Waals surface area contributed by atoms with Crippen LogP contribution in [0, 0.1) is 6.92 Å². The van der Waals surface area contributed by atoms with E-state index in [-0.39, 0.29) is 4.84 Å². The van der Waals surface area contributed by atoms with E-state index in [2.05, 4.69) is 6.92 Å². The van der Waals surface area contributed by atoms with Crippen LogP contribution < -0.4 is 0 Å². The van der Waals surface area contributed by atoms with Gasteiger partial charge in [-0.1, -0.05) is 19.8 Å². The van der Waals surface area contributed by atoms with E-state index >= 15 is 0 Å².